The number of hydrogen-bond acceptors (Lipinski definition) is 3. The number of aromatic carboxylic acids is 1. The zero-order valence-corrected chi connectivity index (χ0v) is 14.6. The molecular formula is C18H21ClN2O2. The van der Waals surface area contributed by atoms with Crippen molar-refractivity contribution in [3.05, 3.63) is 46.6 Å². The summed E-state index contributed by atoms with van der Waals surface area (Å²) < 4.78 is 0. The van der Waals surface area contributed by atoms with Gasteiger partial charge < -0.3 is 5.11 Å². The van der Waals surface area contributed by atoms with Crippen molar-refractivity contribution in [2.45, 2.75) is 34.1 Å². The van der Waals surface area contributed by atoms with Crippen LogP contribution in [0.25, 0.3) is 16.6 Å². The Balaban J connectivity index is 0.00000127. The van der Waals surface area contributed by atoms with Gasteiger partial charge in [-0.05, 0) is 25.5 Å². The van der Waals surface area contributed by atoms with Crippen molar-refractivity contribution >= 4 is 40.4 Å². The molecule has 0 amide bonds. The Morgan fingerprint density at radius 1 is 1.39 bits per heavy atom. The molecule has 1 N–H and O–H groups in total. The smallest absolute Gasteiger partial charge is 0.336 e. The van der Waals surface area contributed by atoms with Crippen LogP contribution in [-0.4, -0.2) is 22.3 Å². The minimum Gasteiger partial charge on any atom is -0.478 e. The average Bonchev–Trinajstić information content (AvgIpc) is 2.57. The molecule has 0 unspecified atom stereocenters. The van der Waals surface area contributed by atoms with Gasteiger partial charge in [-0.3, -0.25) is 4.99 Å². The fourth-order valence-electron chi connectivity index (χ4n) is 2.00. The minimum atomic E-state index is -1.01. The van der Waals surface area contributed by atoms with Crippen LogP contribution in [-0.2, 0) is 0 Å². The number of carboxylic acid groups (broad SMARTS) is 1. The maximum atomic E-state index is 11.5. The molecule has 2 aromatic rings. The molecule has 0 fully saturated rings. The second-order valence-electron chi connectivity index (χ2n) is 4.39. The van der Waals surface area contributed by atoms with Gasteiger partial charge in [0, 0.05) is 11.6 Å². The Kier molecular flexibility index (Phi) is 7.42. The maximum absolute atomic E-state index is 11.5. The summed E-state index contributed by atoms with van der Waals surface area (Å²) in [5.41, 5.74) is 1.77. The molecule has 4 nitrogen and oxygen atoms in total. The summed E-state index contributed by atoms with van der Waals surface area (Å²) in [4.78, 5) is 20.2. The van der Waals surface area contributed by atoms with E-state index < -0.39 is 5.97 Å². The Morgan fingerprint density at radius 2 is 2.09 bits per heavy atom. The molecule has 5 heteroatoms. The van der Waals surface area contributed by atoms with Crippen molar-refractivity contribution in [2.24, 2.45) is 4.99 Å². The number of allylic oxidation sites excluding steroid dienone is 1. The number of hydrogen-bond donors (Lipinski definition) is 1. The van der Waals surface area contributed by atoms with E-state index in [9.17, 15) is 9.90 Å². The molecule has 1 aromatic heterocycles. The topological polar surface area (TPSA) is 62.5 Å². The van der Waals surface area contributed by atoms with Crippen LogP contribution in [0.1, 0.15) is 50.2 Å². The van der Waals surface area contributed by atoms with Crippen molar-refractivity contribution in [1.29, 1.82) is 0 Å². The highest BCUT2D eigenvalue weighted by molar-refractivity contribution is 6.35. The Bertz CT molecular complexity index is 752. The van der Waals surface area contributed by atoms with Crippen LogP contribution in [0.4, 0.5) is 0 Å². The lowest BCUT2D eigenvalue weighted by Crippen LogP contribution is -2.02. The van der Waals surface area contributed by atoms with E-state index in [1.165, 1.54) is 6.07 Å². The third-order valence-electron chi connectivity index (χ3n) is 2.97. The summed E-state index contributed by atoms with van der Waals surface area (Å²) in [6.45, 7) is 7.81. The number of benzene rings is 1. The number of aliphatic imine (C=N–C) groups is 1. The number of halogens is 1. The third-order valence-corrected chi connectivity index (χ3v) is 3.27. The predicted octanol–water partition coefficient (Wildman–Crippen LogP) is 5.45. The van der Waals surface area contributed by atoms with Crippen molar-refractivity contribution in [3.63, 3.8) is 0 Å². The zero-order valence-electron chi connectivity index (χ0n) is 13.8. The fraction of sp³-hybridized carbons (Fsp3) is 0.278. The molecule has 0 bridgehead atoms. The first-order chi connectivity index (χ1) is 11.1. The van der Waals surface area contributed by atoms with Crippen LogP contribution in [0.2, 0.25) is 5.02 Å². The van der Waals surface area contributed by atoms with Crippen LogP contribution in [0, 0.1) is 0 Å². The molecule has 0 aliphatic carbocycles. The molecule has 122 valence electrons. The zero-order chi connectivity index (χ0) is 17.4. The van der Waals surface area contributed by atoms with Gasteiger partial charge in [0.25, 0.3) is 0 Å². The molecule has 0 saturated carbocycles. The Hall–Kier alpha value is -2.20. The number of fused-ring (bicyclic) bond motifs is 1. The molecule has 1 heterocycles. The molecule has 2 rings (SSSR count). The molecule has 0 saturated heterocycles. The van der Waals surface area contributed by atoms with E-state index in [1.807, 2.05) is 27.7 Å². The molecule has 1 aromatic carbocycles. The molecule has 0 aliphatic heterocycles. The van der Waals surface area contributed by atoms with Gasteiger partial charge in [0.15, 0.2) is 0 Å². The number of carbonyl (C=O) groups is 1. The first-order valence-corrected chi connectivity index (χ1v) is 7.98. The fourth-order valence-corrected chi connectivity index (χ4v) is 2.22. The van der Waals surface area contributed by atoms with Crippen LogP contribution in [0.5, 0.6) is 0 Å². The van der Waals surface area contributed by atoms with Crippen molar-refractivity contribution in [2.75, 3.05) is 0 Å². The van der Waals surface area contributed by atoms with E-state index in [4.69, 9.17) is 11.6 Å². The number of carboxylic acids is 1. The monoisotopic (exact) mass is 332 g/mol. The summed E-state index contributed by atoms with van der Waals surface area (Å²) in [6, 6.07) is 6.64. The highest BCUT2D eigenvalue weighted by Crippen LogP contribution is 2.27. The minimum absolute atomic E-state index is 0.170. The standard InChI is InChI=1S/C16H15ClN2O2.C2H6/c1-3-8-18-13(4-2)14-9-11(16(20)21)10-6-5-7-12(17)15(10)19-14;1-2/h4-9H,3H2,1-2H3,(H,20,21);1-2H3/b13-4-,18-8?;. The summed E-state index contributed by atoms with van der Waals surface area (Å²) >= 11 is 6.14. The summed E-state index contributed by atoms with van der Waals surface area (Å²) in [5.74, 6) is -1.01. The molecule has 0 spiro atoms. The maximum Gasteiger partial charge on any atom is 0.336 e. The normalized spacial score (nSPS) is 11.4. The highest BCUT2D eigenvalue weighted by Gasteiger charge is 2.15. The third kappa shape index (κ3) is 4.39. The van der Waals surface area contributed by atoms with Crippen LogP contribution in [0.15, 0.2) is 35.3 Å². The van der Waals surface area contributed by atoms with E-state index in [1.54, 1.807) is 30.5 Å². The number of pyridine rings is 1. The SMILES string of the molecule is C/C=C(\N=CCC)c1cc(C(=O)O)c2cccc(Cl)c2n1.CC. The number of rotatable bonds is 4. The Morgan fingerprint density at radius 3 is 2.65 bits per heavy atom. The highest BCUT2D eigenvalue weighted by atomic mass is 35.5. The van der Waals surface area contributed by atoms with Crippen molar-refractivity contribution < 1.29 is 9.90 Å². The number of aromatic nitrogens is 1. The first-order valence-electron chi connectivity index (χ1n) is 7.60. The lowest BCUT2D eigenvalue weighted by molar-refractivity contribution is 0.0699. The van der Waals surface area contributed by atoms with Gasteiger partial charge in [0.05, 0.1) is 27.5 Å². The van der Waals surface area contributed by atoms with E-state index in [-0.39, 0.29) is 5.56 Å². The van der Waals surface area contributed by atoms with Gasteiger partial charge in [-0.2, -0.15) is 0 Å². The lowest BCUT2D eigenvalue weighted by atomic mass is 10.1. The van der Waals surface area contributed by atoms with Crippen LogP contribution in [0.3, 0.4) is 0 Å². The van der Waals surface area contributed by atoms with Gasteiger partial charge in [0.1, 0.15) is 0 Å². The second-order valence-corrected chi connectivity index (χ2v) is 4.80. The predicted molar refractivity (Wildman–Crippen MR) is 97.5 cm³/mol. The average molecular weight is 333 g/mol. The Labute approximate surface area is 141 Å². The van der Waals surface area contributed by atoms with E-state index in [2.05, 4.69) is 9.98 Å². The summed E-state index contributed by atoms with van der Waals surface area (Å²) in [5, 5.41) is 10.3. The number of para-hydroxylation sites is 1. The van der Waals surface area contributed by atoms with Gasteiger partial charge in [-0.15, -0.1) is 0 Å². The molecular weight excluding hydrogens is 312 g/mol. The number of nitrogens with zero attached hydrogens (tertiary/aromatic N) is 2. The van der Waals surface area contributed by atoms with Gasteiger partial charge >= 0.3 is 5.97 Å². The molecule has 0 radical (unpaired) electrons. The van der Waals surface area contributed by atoms with Crippen LogP contribution < -0.4 is 0 Å². The van der Waals surface area contributed by atoms with Crippen LogP contribution >= 0.6 is 11.6 Å². The molecule has 23 heavy (non-hydrogen) atoms. The summed E-state index contributed by atoms with van der Waals surface area (Å²) in [6.07, 6.45) is 4.34. The van der Waals surface area contributed by atoms with E-state index in [0.29, 0.717) is 27.3 Å². The second kappa shape index (κ2) is 9.06. The van der Waals surface area contributed by atoms with E-state index in [0.717, 1.165) is 6.42 Å². The van der Waals surface area contributed by atoms with Gasteiger partial charge in [0.2, 0.25) is 0 Å². The van der Waals surface area contributed by atoms with E-state index >= 15 is 0 Å². The van der Waals surface area contributed by atoms with Crippen molar-refractivity contribution in [3.8, 4) is 0 Å². The quantitative estimate of drug-likeness (QED) is 0.757. The first kappa shape index (κ1) is 18.8. The van der Waals surface area contributed by atoms with Crippen molar-refractivity contribution in [1.82, 2.24) is 4.98 Å². The molecule has 0 atom stereocenters. The van der Waals surface area contributed by atoms with Gasteiger partial charge in [-0.25, -0.2) is 9.78 Å². The molecule has 0 aliphatic rings. The lowest BCUT2D eigenvalue weighted by Gasteiger charge is -2.08. The summed E-state index contributed by atoms with van der Waals surface area (Å²) in [7, 11) is 0. The largest absolute Gasteiger partial charge is 0.478 e. The van der Waals surface area contributed by atoms with Gasteiger partial charge in [-0.1, -0.05) is 50.6 Å².